The average molecular weight is 321 g/mol. The highest BCUT2D eigenvalue weighted by Crippen LogP contribution is 2.23. The Hall–Kier alpha value is -1.75. The summed E-state index contributed by atoms with van der Waals surface area (Å²) in [5.74, 6) is 2.47. The van der Waals surface area contributed by atoms with Gasteiger partial charge >= 0.3 is 0 Å². The molecular weight excluding hydrogens is 292 g/mol. The highest BCUT2D eigenvalue weighted by molar-refractivity contribution is 5.76. The fourth-order valence-electron chi connectivity index (χ4n) is 3.02. The molecule has 0 unspecified atom stereocenters. The summed E-state index contributed by atoms with van der Waals surface area (Å²) in [5, 5.41) is 0. The van der Waals surface area contributed by atoms with Crippen molar-refractivity contribution in [3.05, 3.63) is 23.8 Å². The molecule has 23 heavy (non-hydrogen) atoms. The lowest BCUT2D eigenvalue weighted by molar-refractivity contribution is -0.917. The molecule has 1 fully saturated rings. The van der Waals surface area contributed by atoms with Crippen molar-refractivity contribution in [2.75, 3.05) is 40.4 Å². The van der Waals surface area contributed by atoms with Crippen molar-refractivity contribution in [3.63, 3.8) is 0 Å². The zero-order valence-corrected chi connectivity index (χ0v) is 14.7. The number of methoxy groups -OCH3 is 2. The first-order valence-corrected chi connectivity index (χ1v) is 8.35. The highest BCUT2D eigenvalue weighted by atomic mass is 16.5. The zero-order valence-electron chi connectivity index (χ0n) is 14.7. The molecule has 1 aromatic carbocycles. The summed E-state index contributed by atoms with van der Waals surface area (Å²) in [7, 11) is 3.38. The Morgan fingerprint density at radius 1 is 1.22 bits per heavy atom. The molecule has 0 bridgehead atoms. The third-order valence-electron chi connectivity index (χ3n) is 4.33. The Labute approximate surface area is 139 Å². The van der Waals surface area contributed by atoms with Gasteiger partial charge in [0.25, 0.3) is 0 Å². The molecule has 0 spiro atoms. The van der Waals surface area contributed by atoms with Gasteiger partial charge in [0.2, 0.25) is 5.91 Å². The van der Waals surface area contributed by atoms with Gasteiger partial charge in [-0.1, -0.05) is 13.8 Å². The van der Waals surface area contributed by atoms with Crippen molar-refractivity contribution in [1.82, 2.24) is 4.90 Å². The third-order valence-corrected chi connectivity index (χ3v) is 4.33. The van der Waals surface area contributed by atoms with E-state index in [9.17, 15) is 4.79 Å². The van der Waals surface area contributed by atoms with Crippen LogP contribution in [0.25, 0.3) is 0 Å². The predicted molar refractivity (Wildman–Crippen MR) is 90.0 cm³/mol. The van der Waals surface area contributed by atoms with Crippen LogP contribution < -0.4 is 14.4 Å². The molecule has 1 N–H and O–H groups in total. The van der Waals surface area contributed by atoms with E-state index in [-0.39, 0.29) is 5.91 Å². The molecular formula is C18H29N2O3+. The van der Waals surface area contributed by atoms with E-state index in [4.69, 9.17) is 9.47 Å². The summed E-state index contributed by atoms with van der Waals surface area (Å²) in [6.45, 7) is 8.71. The molecule has 1 aliphatic heterocycles. The van der Waals surface area contributed by atoms with Crippen LogP contribution in [0.5, 0.6) is 11.5 Å². The first kappa shape index (κ1) is 17.6. The smallest absolute Gasteiger partial charge is 0.223 e. The van der Waals surface area contributed by atoms with E-state index < -0.39 is 0 Å². The molecule has 0 aromatic heterocycles. The van der Waals surface area contributed by atoms with E-state index in [1.54, 1.807) is 14.2 Å². The number of hydrogen-bond donors (Lipinski definition) is 1. The molecule has 0 radical (unpaired) electrons. The molecule has 1 heterocycles. The number of quaternary nitrogens is 1. The van der Waals surface area contributed by atoms with Crippen molar-refractivity contribution in [2.24, 2.45) is 5.92 Å². The Bertz CT molecular complexity index is 523. The molecule has 1 amide bonds. The largest absolute Gasteiger partial charge is 0.497 e. The van der Waals surface area contributed by atoms with Crippen LogP contribution in [0.2, 0.25) is 0 Å². The van der Waals surface area contributed by atoms with Crippen LogP contribution in [0, 0.1) is 5.92 Å². The lowest BCUT2D eigenvalue weighted by Crippen LogP contribution is -3.13. The summed E-state index contributed by atoms with van der Waals surface area (Å²) in [6.07, 6.45) is 0.652. The van der Waals surface area contributed by atoms with Crippen LogP contribution in [0.4, 0.5) is 0 Å². The molecule has 1 aliphatic rings. The van der Waals surface area contributed by atoms with Crippen molar-refractivity contribution >= 4 is 5.91 Å². The number of hydrogen-bond acceptors (Lipinski definition) is 3. The van der Waals surface area contributed by atoms with E-state index in [0.717, 1.165) is 49.8 Å². The summed E-state index contributed by atoms with van der Waals surface area (Å²) >= 11 is 0. The van der Waals surface area contributed by atoms with Crippen LogP contribution in [0.1, 0.15) is 25.8 Å². The molecule has 1 aromatic rings. The van der Waals surface area contributed by atoms with Gasteiger partial charge in [-0.3, -0.25) is 4.79 Å². The maximum absolute atomic E-state index is 12.1. The second-order valence-electron chi connectivity index (χ2n) is 6.58. The number of carbonyl (C=O) groups excluding carboxylic acids is 1. The molecule has 128 valence electrons. The number of amides is 1. The van der Waals surface area contributed by atoms with Crippen LogP contribution in [-0.2, 0) is 11.3 Å². The fourth-order valence-corrected chi connectivity index (χ4v) is 3.02. The summed E-state index contributed by atoms with van der Waals surface area (Å²) in [6, 6.07) is 5.92. The van der Waals surface area contributed by atoms with Gasteiger partial charge in [-0.05, 0) is 24.1 Å². The Kier molecular flexibility index (Phi) is 6.28. The first-order valence-electron chi connectivity index (χ1n) is 8.35. The predicted octanol–water partition coefficient (Wildman–Crippen LogP) is 0.977. The number of piperazine rings is 1. The second kappa shape index (κ2) is 8.20. The Morgan fingerprint density at radius 3 is 2.48 bits per heavy atom. The molecule has 5 heteroatoms. The van der Waals surface area contributed by atoms with Crippen molar-refractivity contribution in [3.8, 4) is 11.5 Å². The lowest BCUT2D eigenvalue weighted by atomic mass is 10.1. The summed E-state index contributed by atoms with van der Waals surface area (Å²) in [4.78, 5) is 15.6. The molecule has 5 nitrogen and oxygen atoms in total. The molecule has 0 aliphatic carbocycles. The van der Waals surface area contributed by atoms with E-state index >= 15 is 0 Å². The van der Waals surface area contributed by atoms with Gasteiger partial charge in [0.05, 0.1) is 46.0 Å². The SMILES string of the molecule is COc1ccc(OC)c(C[NH+]2CCN(C(=O)CC(C)C)CC2)c1. The monoisotopic (exact) mass is 321 g/mol. The maximum Gasteiger partial charge on any atom is 0.223 e. The van der Waals surface area contributed by atoms with Gasteiger partial charge in [-0.25, -0.2) is 0 Å². The molecule has 0 saturated carbocycles. The quantitative estimate of drug-likeness (QED) is 0.849. The number of nitrogens with zero attached hydrogens (tertiary/aromatic N) is 1. The Balaban J connectivity index is 1.92. The molecule has 1 saturated heterocycles. The topological polar surface area (TPSA) is 43.2 Å². The average Bonchev–Trinajstić information content (AvgIpc) is 2.54. The standard InChI is InChI=1S/C18H28N2O3/c1-14(2)11-18(21)20-9-7-19(8-10-20)13-15-12-16(22-3)5-6-17(15)23-4/h5-6,12,14H,7-11,13H2,1-4H3/p+1. The minimum Gasteiger partial charge on any atom is -0.497 e. The van der Waals surface area contributed by atoms with Crippen molar-refractivity contribution in [2.45, 2.75) is 26.8 Å². The van der Waals surface area contributed by atoms with Crippen LogP contribution >= 0.6 is 0 Å². The van der Waals surface area contributed by atoms with Crippen LogP contribution in [-0.4, -0.2) is 51.2 Å². The van der Waals surface area contributed by atoms with E-state index in [2.05, 4.69) is 13.8 Å². The number of ether oxygens (including phenoxy) is 2. The van der Waals surface area contributed by atoms with Gasteiger partial charge in [0, 0.05) is 6.42 Å². The van der Waals surface area contributed by atoms with E-state index in [0.29, 0.717) is 12.3 Å². The molecule has 2 rings (SSSR count). The van der Waals surface area contributed by atoms with Gasteiger partial charge in [0.15, 0.2) is 0 Å². The van der Waals surface area contributed by atoms with E-state index in [1.807, 2.05) is 23.1 Å². The van der Waals surface area contributed by atoms with Gasteiger partial charge in [0.1, 0.15) is 18.0 Å². The highest BCUT2D eigenvalue weighted by Gasteiger charge is 2.24. The Morgan fingerprint density at radius 2 is 1.91 bits per heavy atom. The first-order chi connectivity index (χ1) is 11.0. The third kappa shape index (κ3) is 4.86. The van der Waals surface area contributed by atoms with Crippen LogP contribution in [0.3, 0.4) is 0 Å². The summed E-state index contributed by atoms with van der Waals surface area (Å²) < 4.78 is 10.8. The van der Waals surface area contributed by atoms with Gasteiger partial charge in [-0.2, -0.15) is 0 Å². The van der Waals surface area contributed by atoms with E-state index in [1.165, 1.54) is 4.90 Å². The fraction of sp³-hybridized carbons (Fsp3) is 0.611. The summed E-state index contributed by atoms with van der Waals surface area (Å²) in [5.41, 5.74) is 1.16. The minimum atomic E-state index is 0.290. The number of benzene rings is 1. The van der Waals surface area contributed by atoms with Gasteiger partial charge in [-0.15, -0.1) is 0 Å². The zero-order chi connectivity index (χ0) is 16.8. The lowest BCUT2D eigenvalue weighted by Gasteiger charge is -2.33. The number of nitrogens with one attached hydrogen (secondary N) is 1. The van der Waals surface area contributed by atoms with Crippen LogP contribution in [0.15, 0.2) is 18.2 Å². The molecule has 0 atom stereocenters. The van der Waals surface area contributed by atoms with Gasteiger partial charge < -0.3 is 19.3 Å². The normalized spacial score (nSPS) is 15.8. The number of rotatable bonds is 6. The minimum absolute atomic E-state index is 0.290. The van der Waals surface area contributed by atoms with Crippen molar-refractivity contribution in [1.29, 1.82) is 0 Å². The van der Waals surface area contributed by atoms with Crippen molar-refractivity contribution < 1.29 is 19.2 Å². The maximum atomic E-state index is 12.1. The second-order valence-corrected chi connectivity index (χ2v) is 6.58. The number of carbonyl (C=O) groups is 1.